The Hall–Kier alpha value is -3.90. The van der Waals surface area contributed by atoms with E-state index in [-0.39, 0.29) is 29.0 Å². The van der Waals surface area contributed by atoms with Gasteiger partial charge in [0.15, 0.2) is 10.8 Å². The highest BCUT2D eigenvalue weighted by Gasteiger charge is 2.35. The standard InChI is InChI=1S/C28H33FN8O2S/c1-5-35(6-2)17(3)15-31-27(38)18-13-21(33-25(14-18)36-11-10-22(36)28(39)30-4)19-16-32-37-12-9-20(34-26(19)37)23-7-8-24(29)40-23/h7-9,12-14,16-17,22H,5-6,10-11,15H2,1-4H3,(H,30,39)(H,31,38)/t17-,22-/m0/s1. The van der Waals surface area contributed by atoms with Crippen LogP contribution in [0.4, 0.5) is 10.2 Å². The van der Waals surface area contributed by atoms with Gasteiger partial charge in [-0.3, -0.25) is 14.5 Å². The van der Waals surface area contributed by atoms with Crippen molar-refractivity contribution >= 4 is 34.6 Å². The van der Waals surface area contributed by atoms with Crippen molar-refractivity contribution in [2.75, 3.05) is 38.1 Å². The second-order valence-electron chi connectivity index (χ2n) is 9.73. The fraction of sp³-hybridized carbons (Fsp3) is 0.393. The number of pyridine rings is 1. The van der Waals surface area contributed by atoms with Crippen LogP contribution in [0.2, 0.25) is 0 Å². The third kappa shape index (κ3) is 5.41. The average Bonchev–Trinajstić information content (AvgIpc) is 3.57. The van der Waals surface area contributed by atoms with E-state index in [0.717, 1.165) is 24.4 Å². The lowest BCUT2D eigenvalue weighted by atomic mass is 10.0. The summed E-state index contributed by atoms with van der Waals surface area (Å²) in [7, 11) is 1.61. The average molecular weight is 565 g/mol. The molecule has 0 saturated carbocycles. The normalized spacial score (nSPS) is 15.8. The van der Waals surface area contributed by atoms with Gasteiger partial charge in [-0.15, -0.1) is 11.3 Å². The highest BCUT2D eigenvalue weighted by Crippen LogP contribution is 2.32. The van der Waals surface area contributed by atoms with Gasteiger partial charge >= 0.3 is 0 Å². The SMILES string of the molecule is CCN(CC)[C@@H](C)CNC(=O)c1cc(-c2cnn3ccc(-c4ccc(F)s4)nc23)nc(N2CC[C@H]2C(=O)NC)c1. The summed E-state index contributed by atoms with van der Waals surface area (Å²) in [5.41, 5.74) is 2.72. The van der Waals surface area contributed by atoms with E-state index in [1.54, 1.807) is 48.2 Å². The van der Waals surface area contributed by atoms with E-state index in [1.807, 2.05) is 4.90 Å². The molecule has 1 saturated heterocycles. The van der Waals surface area contributed by atoms with Crippen molar-refractivity contribution in [2.45, 2.75) is 39.3 Å². The van der Waals surface area contributed by atoms with Crippen LogP contribution in [-0.2, 0) is 4.79 Å². The molecule has 2 atom stereocenters. The number of carbonyl (C=O) groups is 2. The summed E-state index contributed by atoms with van der Waals surface area (Å²) >= 11 is 1.02. The summed E-state index contributed by atoms with van der Waals surface area (Å²) in [4.78, 5) is 40.3. The van der Waals surface area contributed by atoms with Crippen molar-refractivity contribution < 1.29 is 14.0 Å². The van der Waals surface area contributed by atoms with Crippen LogP contribution in [0, 0.1) is 5.13 Å². The largest absolute Gasteiger partial charge is 0.357 e. The number of amides is 2. The molecular weight excluding hydrogens is 531 g/mol. The predicted molar refractivity (Wildman–Crippen MR) is 154 cm³/mol. The molecule has 1 aliphatic heterocycles. The van der Waals surface area contributed by atoms with Gasteiger partial charge in [-0.2, -0.15) is 9.49 Å². The minimum atomic E-state index is -0.353. The molecule has 0 spiro atoms. The Labute approximate surface area is 236 Å². The molecule has 4 aromatic heterocycles. The number of rotatable bonds is 10. The topological polar surface area (TPSA) is 108 Å². The summed E-state index contributed by atoms with van der Waals surface area (Å²) in [5.74, 6) is 0.221. The first-order valence-electron chi connectivity index (χ1n) is 13.5. The quantitative estimate of drug-likeness (QED) is 0.304. The maximum atomic E-state index is 13.7. The number of carbonyl (C=O) groups excluding carboxylic acids is 2. The molecule has 2 amide bonds. The lowest BCUT2D eigenvalue weighted by molar-refractivity contribution is -0.123. The molecule has 5 rings (SSSR count). The summed E-state index contributed by atoms with van der Waals surface area (Å²) in [6.07, 6.45) is 4.12. The summed E-state index contributed by atoms with van der Waals surface area (Å²) < 4.78 is 15.3. The number of halogens is 1. The molecule has 10 nitrogen and oxygen atoms in total. The second-order valence-corrected chi connectivity index (χ2v) is 10.8. The summed E-state index contributed by atoms with van der Waals surface area (Å²) in [6, 6.07) is 8.17. The molecule has 210 valence electrons. The highest BCUT2D eigenvalue weighted by molar-refractivity contribution is 7.13. The van der Waals surface area contributed by atoms with Gasteiger partial charge in [0.1, 0.15) is 11.9 Å². The molecule has 0 aromatic carbocycles. The molecule has 2 N–H and O–H groups in total. The van der Waals surface area contributed by atoms with Gasteiger partial charge in [0.2, 0.25) is 5.91 Å². The van der Waals surface area contributed by atoms with E-state index in [2.05, 4.69) is 41.4 Å². The van der Waals surface area contributed by atoms with Gasteiger partial charge in [0.05, 0.1) is 28.0 Å². The van der Waals surface area contributed by atoms with Gasteiger partial charge in [0, 0.05) is 37.9 Å². The van der Waals surface area contributed by atoms with Crippen molar-refractivity contribution in [2.24, 2.45) is 0 Å². The monoisotopic (exact) mass is 564 g/mol. The third-order valence-electron chi connectivity index (χ3n) is 7.40. The Morgan fingerprint density at radius 1 is 1.18 bits per heavy atom. The van der Waals surface area contributed by atoms with Gasteiger partial charge in [-0.25, -0.2) is 14.5 Å². The van der Waals surface area contributed by atoms with E-state index in [0.29, 0.717) is 58.4 Å². The number of nitrogens with zero attached hydrogens (tertiary/aromatic N) is 6. The molecule has 12 heteroatoms. The lowest BCUT2D eigenvalue weighted by Gasteiger charge is -2.40. The van der Waals surface area contributed by atoms with Crippen molar-refractivity contribution in [3.8, 4) is 21.8 Å². The first-order valence-corrected chi connectivity index (χ1v) is 14.3. The Bertz CT molecular complexity index is 1530. The smallest absolute Gasteiger partial charge is 0.251 e. The number of nitrogens with one attached hydrogen (secondary N) is 2. The van der Waals surface area contributed by atoms with Crippen LogP contribution in [0.1, 0.15) is 37.6 Å². The minimum absolute atomic E-state index is 0.0945. The second kappa shape index (κ2) is 11.7. The maximum absolute atomic E-state index is 13.7. The molecule has 1 fully saturated rings. The van der Waals surface area contributed by atoms with Crippen LogP contribution >= 0.6 is 11.3 Å². The van der Waals surface area contributed by atoms with Gasteiger partial charge < -0.3 is 15.5 Å². The van der Waals surface area contributed by atoms with Gasteiger partial charge in [-0.1, -0.05) is 13.8 Å². The van der Waals surface area contributed by atoms with E-state index in [1.165, 1.54) is 6.07 Å². The van der Waals surface area contributed by atoms with Gasteiger partial charge in [0.25, 0.3) is 5.91 Å². The Balaban J connectivity index is 1.53. The molecule has 0 aliphatic carbocycles. The fourth-order valence-electron chi connectivity index (χ4n) is 4.99. The van der Waals surface area contributed by atoms with E-state index < -0.39 is 0 Å². The van der Waals surface area contributed by atoms with Crippen LogP contribution in [0.3, 0.4) is 0 Å². The fourth-order valence-corrected chi connectivity index (χ4v) is 5.69. The third-order valence-corrected chi connectivity index (χ3v) is 8.30. The van der Waals surface area contributed by atoms with Crippen molar-refractivity contribution in [3.05, 3.63) is 53.4 Å². The Kier molecular flexibility index (Phi) is 8.08. The molecule has 0 bridgehead atoms. The van der Waals surface area contributed by atoms with Crippen LogP contribution in [0.5, 0.6) is 0 Å². The molecule has 0 unspecified atom stereocenters. The van der Waals surface area contributed by atoms with E-state index >= 15 is 0 Å². The zero-order chi connectivity index (χ0) is 28.4. The summed E-state index contributed by atoms with van der Waals surface area (Å²) in [6.45, 7) is 9.23. The molecule has 40 heavy (non-hydrogen) atoms. The van der Waals surface area contributed by atoms with Crippen LogP contribution < -0.4 is 15.5 Å². The lowest BCUT2D eigenvalue weighted by Crippen LogP contribution is -2.56. The number of aromatic nitrogens is 4. The van der Waals surface area contributed by atoms with Crippen LogP contribution in [-0.4, -0.2) is 81.6 Å². The van der Waals surface area contributed by atoms with Crippen LogP contribution in [0.25, 0.3) is 27.5 Å². The Morgan fingerprint density at radius 3 is 2.62 bits per heavy atom. The van der Waals surface area contributed by atoms with Crippen molar-refractivity contribution in [3.63, 3.8) is 0 Å². The number of hydrogen-bond acceptors (Lipinski definition) is 8. The summed E-state index contributed by atoms with van der Waals surface area (Å²) in [5, 5.41) is 9.91. The van der Waals surface area contributed by atoms with Crippen LogP contribution in [0.15, 0.2) is 42.7 Å². The predicted octanol–water partition coefficient (Wildman–Crippen LogP) is 3.44. The number of fused-ring (bicyclic) bond motifs is 1. The minimum Gasteiger partial charge on any atom is -0.357 e. The first kappa shape index (κ1) is 27.7. The first-order chi connectivity index (χ1) is 19.3. The van der Waals surface area contributed by atoms with E-state index in [4.69, 9.17) is 9.97 Å². The van der Waals surface area contributed by atoms with E-state index in [9.17, 15) is 14.0 Å². The number of anilines is 1. The van der Waals surface area contributed by atoms with Crippen molar-refractivity contribution in [1.29, 1.82) is 0 Å². The molecular formula is C28H33FN8O2S. The number of thiophene rings is 1. The molecule has 4 aromatic rings. The molecule has 0 radical (unpaired) electrons. The number of hydrogen-bond donors (Lipinski definition) is 2. The van der Waals surface area contributed by atoms with Crippen molar-refractivity contribution in [1.82, 2.24) is 35.1 Å². The maximum Gasteiger partial charge on any atom is 0.251 e. The highest BCUT2D eigenvalue weighted by atomic mass is 32.1. The Morgan fingerprint density at radius 2 is 1.98 bits per heavy atom. The van der Waals surface area contributed by atoms with Gasteiger partial charge in [-0.05, 0) is 56.8 Å². The molecule has 5 heterocycles. The zero-order valence-electron chi connectivity index (χ0n) is 23.0. The zero-order valence-corrected chi connectivity index (χ0v) is 23.8. The molecule has 1 aliphatic rings. The number of likely N-dealkylation sites (N-methyl/N-ethyl adjacent to an activating group) is 2.